The lowest BCUT2D eigenvalue weighted by atomic mass is 9.98. The number of benzene rings is 2. The summed E-state index contributed by atoms with van der Waals surface area (Å²) in [4.78, 5) is 26.0. The van der Waals surface area contributed by atoms with E-state index >= 15 is 0 Å². The van der Waals surface area contributed by atoms with Gasteiger partial charge in [0.15, 0.2) is 17.4 Å². The average molecular weight is 467 g/mol. The fourth-order valence-electron chi connectivity index (χ4n) is 3.36. The molecule has 0 aliphatic rings. The van der Waals surface area contributed by atoms with Crippen molar-refractivity contribution in [2.24, 2.45) is 0 Å². The van der Waals surface area contributed by atoms with Crippen LogP contribution in [0.4, 0.5) is 8.78 Å². The Morgan fingerprint density at radius 3 is 2.70 bits per heavy atom. The van der Waals surface area contributed by atoms with Crippen LogP contribution in [0.15, 0.2) is 61.1 Å². The Morgan fingerprint density at radius 2 is 1.94 bits per heavy atom. The first-order valence-electron chi connectivity index (χ1n) is 9.95. The molecule has 7 nitrogen and oxygen atoms in total. The molecule has 1 N–H and O–H groups in total. The number of aryl methyl sites for hydroxylation is 1. The zero-order chi connectivity index (χ0) is 23.4. The van der Waals surface area contributed by atoms with Crippen molar-refractivity contribution in [1.29, 1.82) is 0 Å². The third-order valence-corrected chi connectivity index (χ3v) is 5.40. The van der Waals surface area contributed by atoms with Gasteiger partial charge in [0.25, 0.3) is 0 Å². The van der Waals surface area contributed by atoms with Crippen LogP contribution in [0.5, 0.6) is 0 Å². The number of ketones is 1. The maximum absolute atomic E-state index is 14.5. The summed E-state index contributed by atoms with van der Waals surface area (Å²) in [7, 11) is 0. The van der Waals surface area contributed by atoms with E-state index in [0.29, 0.717) is 28.7 Å². The summed E-state index contributed by atoms with van der Waals surface area (Å²) in [5, 5.41) is 0. The quantitative estimate of drug-likeness (QED) is 0.241. The molecule has 0 saturated heterocycles. The fourth-order valence-corrected chi connectivity index (χ4v) is 3.68. The van der Waals surface area contributed by atoms with Crippen molar-refractivity contribution in [2.45, 2.75) is 12.8 Å². The maximum atomic E-state index is 14.5. The fraction of sp³-hybridized carbons (Fsp3) is 0.130. The van der Waals surface area contributed by atoms with Gasteiger partial charge in [0.1, 0.15) is 0 Å². The molecule has 0 aliphatic heterocycles. The Morgan fingerprint density at radius 1 is 1.09 bits per heavy atom. The van der Waals surface area contributed by atoms with Gasteiger partial charge >= 0.3 is 0 Å². The molecule has 1 unspecified atom stereocenters. The number of aromatic nitrogens is 3. The highest BCUT2D eigenvalue weighted by Gasteiger charge is 2.19. The minimum absolute atomic E-state index is 0.138. The minimum Gasteiger partial charge on any atom is -0.760 e. The van der Waals surface area contributed by atoms with Crippen molar-refractivity contribution < 1.29 is 22.3 Å². The van der Waals surface area contributed by atoms with Gasteiger partial charge in [0, 0.05) is 41.3 Å². The normalized spacial score (nSPS) is 12.1. The number of carbonyl (C=O) groups is 1. The van der Waals surface area contributed by atoms with E-state index in [0.717, 1.165) is 11.6 Å². The molecule has 4 rings (SSSR count). The van der Waals surface area contributed by atoms with E-state index in [9.17, 15) is 22.3 Å². The Kier molecular flexibility index (Phi) is 6.87. The summed E-state index contributed by atoms with van der Waals surface area (Å²) in [6.07, 6.45) is 5.49. The summed E-state index contributed by atoms with van der Waals surface area (Å²) in [5.74, 6) is -3.07. The number of fused-ring (bicyclic) bond motifs is 1. The predicted octanol–water partition coefficient (Wildman–Crippen LogP) is 3.52. The number of hydrogen-bond donors (Lipinski definition) is 1. The maximum Gasteiger partial charge on any atom is 0.196 e. The number of hydrogen-bond acceptors (Lipinski definition) is 6. The van der Waals surface area contributed by atoms with Crippen LogP contribution in [0.1, 0.15) is 27.9 Å². The molecule has 0 fully saturated rings. The Labute approximate surface area is 190 Å². The van der Waals surface area contributed by atoms with Crippen LogP contribution >= 0.6 is 0 Å². The highest BCUT2D eigenvalue weighted by atomic mass is 32.2. The average Bonchev–Trinajstić information content (AvgIpc) is 2.83. The molecule has 10 heteroatoms. The molecule has 4 aromatic rings. The van der Waals surface area contributed by atoms with Crippen LogP contribution in [0, 0.1) is 11.6 Å². The predicted molar refractivity (Wildman–Crippen MR) is 118 cm³/mol. The summed E-state index contributed by atoms with van der Waals surface area (Å²) >= 11 is -2.40. The lowest BCUT2D eigenvalue weighted by Gasteiger charge is -2.10. The molecule has 33 heavy (non-hydrogen) atoms. The van der Waals surface area contributed by atoms with Gasteiger partial charge < -0.3 is 4.55 Å². The lowest BCUT2D eigenvalue weighted by molar-refractivity contribution is 0.103. The molecule has 0 radical (unpaired) electrons. The minimum atomic E-state index is -2.40. The second kappa shape index (κ2) is 9.99. The molecular formula is C23H17F2N4O3S-. The number of nitrogens with zero attached hydrogens (tertiary/aromatic N) is 3. The van der Waals surface area contributed by atoms with E-state index in [4.69, 9.17) is 0 Å². The molecule has 0 spiro atoms. The van der Waals surface area contributed by atoms with Crippen LogP contribution < -0.4 is 4.72 Å². The highest BCUT2D eigenvalue weighted by Crippen LogP contribution is 2.23. The summed E-state index contributed by atoms with van der Waals surface area (Å²) in [6, 6.07) is 10.5. The molecule has 2 aromatic heterocycles. The number of nitrogens with one attached hydrogen (secondary N) is 1. The number of halogens is 2. The first kappa shape index (κ1) is 22.7. The molecule has 0 amide bonds. The Hall–Kier alpha value is -3.47. The van der Waals surface area contributed by atoms with Gasteiger partial charge in [0.05, 0.1) is 28.5 Å². The van der Waals surface area contributed by atoms with E-state index in [1.807, 2.05) is 6.07 Å². The standard InChI is InChI=1S/C23H18F2N4O3S/c24-18-10-14(3-1-8-28-33(31)32)9-17(22(18)25)23(30)15-5-6-19-20(11-15)29-21(13-27-19)16-4-2-7-26-12-16/h2,4-7,9-13,28H,1,3,8H2,(H,31,32)/p-1. The molecule has 0 aliphatic carbocycles. The summed E-state index contributed by atoms with van der Waals surface area (Å²) in [6.45, 7) is 0.140. The van der Waals surface area contributed by atoms with Crippen molar-refractivity contribution in [3.63, 3.8) is 0 Å². The van der Waals surface area contributed by atoms with Crippen molar-refractivity contribution in [1.82, 2.24) is 19.7 Å². The smallest absolute Gasteiger partial charge is 0.196 e. The zero-order valence-electron chi connectivity index (χ0n) is 17.1. The van der Waals surface area contributed by atoms with Gasteiger partial charge in [-0.25, -0.2) is 18.5 Å². The third kappa shape index (κ3) is 5.30. The molecule has 168 valence electrons. The summed E-state index contributed by atoms with van der Waals surface area (Å²) in [5.41, 5.74) is 2.40. The lowest BCUT2D eigenvalue weighted by Crippen LogP contribution is -2.18. The van der Waals surface area contributed by atoms with Crippen LogP contribution in [0.2, 0.25) is 0 Å². The van der Waals surface area contributed by atoms with Crippen molar-refractivity contribution in [3.8, 4) is 11.3 Å². The molecular weight excluding hydrogens is 450 g/mol. The molecule has 0 saturated carbocycles. The van der Waals surface area contributed by atoms with Gasteiger partial charge in [0.2, 0.25) is 0 Å². The molecule has 0 bridgehead atoms. The van der Waals surface area contributed by atoms with Crippen LogP contribution in [-0.2, 0) is 17.7 Å². The van der Waals surface area contributed by atoms with Crippen LogP contribution in [0.25, 0.3) is 22.3 Å². The van der Waals surface area contributed by atoms with Gasteiger partial charge in [-0.2, -0.15) is 0 Å². The second-order valence-corrected chi connectivity index (χ2v) is 7.96. The third-order valence-electron chi connectivity index (χ3n) is 4.96. The van der Waals surface area contributed by atoms with Crippen LogP contribution in [0.3, 0.4) is 0 Å². The van der Waals surface area contributed by atoms with Crippen molar-refractivity contribution in [3.05, 3.63) is 89.4 Å². The highest BCUT2D eigenvalue weighted by molar-refractivity contribution is 7.77. The van der Waals surface area contributed by atoms with Gasteiger partial charge in [-0.1, -0.05) is 0 Å². The summed E-state index contributed by atoms with van der Waals surface area (Å²) < 4.78 is 51.9. The van der Waals surface area contributed by atoms with Crippen molar-refractivity contribution >= 4 is 28.1 Å². The first-order valence-corrected chi connectivity index (χ1v) is 11.0. The Balaban J connectivity index is 1.64. The van der Waals surface area contributed by atoms with Gasteiger partial charge in [-0.15, -0.1) is 0 Å². The second-order valence-electron chi connectivity index (χ2n) is 7.20. The van der Waals surface area contributed by atoms with E-state index in [-0.39, 0.29) is 18.5 Å². The van der Waals surface area contributed by atoms with E-state index in [1.165, 1.54) is 18.2 Å². The number of carbonyl (C=O) groups excluding carboxylic acids is 1. The Bertz CT molecular complexity index is 1350. The topological polar surface area (TPSA) is 108 Å². The number of pyridine rings is 1. The zero-order valence-corrected chi connectivity index (χ0v) is 17.9. The van der Waals surface area contributed by atoms with E-state index < -0.39 is 34.2 Å². The van der Waals surface area contributed by atoms with E-state index in [2.05, 4.69) is 19.7 Å². The monoisotopic (exact) mass is 467 g/mol. The van der Waals surface area contributed by atoms with Crippen LogP contribution in [-0.4, -0.2) is 36.0 Å². The van der Waals surface area contributed by atoms with Gasteiger partial charge in [-0.05, 0) is 60.9 Å². The largest absolute Gasteiger partial charge is 0.760 e. The first-order chi connectivity index (χ1) is 15.9. The van der Waals surface area contributed by atoms with Crippen molar-refractivity contribution in [2.75, 3.05) is 6.54 Å². The molecule has 2 aromatic carbocycles. The number of rotatable bonds is 8. The van der Waals surface area contributed by atoms with E-state index in [1.54, 1.807) is 30.7 Å². The molecule has 2 heterocycles. The SMILES string of the molecule is O=C(c1ccc2ncc(-c3cccnc3)nc2c1)c1cc(CCCNS(=O)[O-])cc(F)c1F. The van der Waals surface area contributed by atoms with Gasteiger partial charge in [-0.3, -0.25) is 19.0 Å². The molecule has 1 atom stereocenters.